The van der Waals surface area contributed by atoms with E-state index in [2.05, 4.69) is 0 Å². The molecule has 2 N–H and O–H groups in total. The van der Waals surface area contributed by atoms with Crippen LogP contribution < -0.4 is 5.73 Å². The van der Waals surface area contributed by atoms with E-state index in [0.29, 0.717) is 5.57 Å². The monoisotopic (exact) mass is 261 g/mol. The lowest BCUT2D eigenvalue weighted by atomic mass is 10.1. The van der Waals surface area contributed by atoms with Crippen molar-refractivity contribution >= 4 is 23.3 Å². The van der Waals surface area contributed by atoms with Gasteiger partial charge in [-0.05, 0) is 47.7 Å². The molecular formula is C14H12FNOS. The molecule has 0 aliphatic carbocycles. The predicted octanol–water partition coefficient (Wildman–Crippen LogP) is 3.44. The number of amides is 1. The van der Waals surface area contributed by atoms with E-state index in [1.165, 1.54) is 23.5 Å². The lowest BCUT2D eigenvalue weighted by Gasteiger charge is -1.96. The Morgan fingerprint density at radius 1 is 1.28 bits per heavy atom. The number of thiophene rings is 1. The van der Waals surface area contributed by atoms with Crippen LogP contribution in [0.3, 0.4) is 0 Å². The number of primary amides is 1. The zero-order valence-electron chi connectivity index (χ0n) is 9.81. The summed E-state index contributed by atoms with van der Waals surface area (Å²) >= 11 is 1.52. The van der Waals surface area contributed by atoms with E-state index >= 15 is 0 Å². The van der Waals surface area contributed by atoms with Crippen molar-refractivity contribution in [2.45, 2.75) is 6.92 Å². The van der Waals surface area contributed by atoms with Gasteiger partial charge in [-0.15, -0.1) is 11.3 Å². The quantitative estimate of drug-likeness (QED) is 0.845. The van der Waals surface area contributed by atoms with E-state index < -0.39 is 5.91 Å². The number of halogens is 1. The molecule has 2 nitrogen and oxygen atoms in total. The third-order valence-electron chi connectivity index (χ3n) is 2.54. The van der Waals surface area contributed by atoms with Gasteiger partial charge < -0.3 is 5.73 Å². The van der Waals surface area contributed by atoms with Gasteiger partial charge in [0.25, 0.3) is 0 Å². The maximum Gasteiger partial charge on any atom is 0.244 e. The maximum atomic E-state index is 12.8. The average molecular weight is 261 g/mol. The molecule has 0 saturated carbocycles. The van der Waals surface area contributed by atoms with E-state index in [4.69, 9.17) is 5.73 Å². The molecule has 0 fully saturated rings. The molecule has 0 saturated heterocycles. The zero-order chi connectivity index (χ0) is 13.1. The Labute approximate surface area is 109 Å². The van der Waals surface area contributed by atoms with Crippen LogP contribution in [0.4, 0.5) is 4.39 Å². The molecule has 1 amide bonds. The normalized spacial score (nSPS) is 11.6. The van der Waals surface area contributed by atoms with Crippen LogP contribution in [0.2, 0.25) is 0 Å². The second kappa shape index (κ2) is 5.14. The molecule has 0 unspecified atom stereocenters. The molecule has 0 radical (unpaired) electrons. The third kappa shape index (κ3) is 2.84. The molecule has 0 bridgehead atoms. The molecule has 1 aromatic carbocycles. The zero-order valence-corrected chi connectivity index (χ0v) is 10.6. The minimum absolute atomic E-state index is 0.251. The first-order valence-corrected chi connectivity index (χ1v) is 6.27. The first kappa shape index (κ1) is 12.5. The fraction of sp³-hybridized carbons (Fsp3) is 0.0714. The van der Waals surface area contributed by atoms with E-state index in [-0.39, 0.29) is 5.82 Å². The van der Waals surface area contributed by atoms with Crippen LogP contribution in [0.1, 0.15) is 11.8 Å². The smallest absolute Gasteiger partial charge is 0.244 e. The van der Waals surface area contributed by atoms with Gasteiger partial charge in [-0.25, -0.2) is 4.39 Å². The number of benzene rings is 1. The summed E-state index contributed by atoms with van der Waals surface area (Å²) in [5.74, 6) is -0.676. The van der Waals surface area contributed by atoms with Crippen molar-refractivity contribution in [1.29, 1.82) is 0 Å². The molecule has 0 aliphatic rings. The van der Waals surface area contributed by atoms with Crippen LogP contribution in [-0.2, 0) is 4.79 Å². The van der Waals surface area contributed by atoms with Gasteiger partial charge in [-0.2, -0.15) is 0 Å². The Morgan fingerprint density at radius 3 is 2.56 bits per heavy atom. The van der Waals surface area contributed by atoms with Crippen molar-refractivity contribution in [1.82, 2.24) is 0 Å². The van der Waals surface area contributed by atoms with Gasteiger partial charge in [0.15, 0.2) is 0 Å². The maximum absolute atomic E-state index is 12.8. The SMILES string of the molecule is C/C(=C\c1cc(-c2ccc(F)cc2)cs1)C(N)=O. The van der Waals surface area contributed by atoms with Crippen molar-refractivity contribution < 1.29 is 9.18 Å². The summed E-state index contributed by atoms with van der Waals surface area (Å²) in [7, 11) is 0. The molecule has 2 rings (SSSR count). The van der Waals surface area contributed by atoms with Crippen molar-refractivity contribution in [3.63, 3.8) is 0 Å². The van der Waals surface area contributed by atoms with Crippen molar-refractivity contribution in [3.05, 3.63) is 52.0 Å². The second-order valence-corrected chi connectivity index (χ2v) is 4.88. The van der Waals surface area contributed by atoms with Gasteiger partial charge in [0.1, 0.15) is 5.82 Å². The number of carbonyl (C=O) groups is 1. The topological polar surface area (TPSA) is 43.1 Å². The van der Waals surface area contributed by atoms with E-state index in [1.807, 2.05) is 11.4 Å². The van der Waals surface area contributed by atoms with E-state index in [1.54, 1.807) is 25.1 Å². The van der Waals surface area contributed by atoms with Gasteiger partial charge in [0.05, 0.1) is 0 Å². The highest BCUT2D eigenvalue weighted by molar-refractivity contribution is 7.11. The highest BCUT2D eigenvalue weighted by Gasteiger charge is 2.03. The summed E-state index contributed by atoms with van der Waals surface area (Å²) in [5, 5.41) is 1.97. The van der Waals surface area contributed by atoms with Gasteiger partial charge >= 0.3 is 0 Å². The number of carbonyl (C=O) groups excluding carboxylic acids is 1. The van der Waals surface area contributed by atoms with E-state index in [9.17, 15) is 9.18 Å². The van der Waals surface area contributed by atoms with Crippen LogP contribution in [0.15, 0.2) is 41.3 Å². The first-order chi connectivity index (χ1) is 8.56. The average Bonchev–Trinajstić information content (AvgIpc) is 2.78. The summed E-state index contributed by atoms with van der Waals surface area (Å²) in [4.78, 5) is 11.9. The summed E-state index contributed by atoms with van der Waals surface area (Å²) in [6.07, 6.45) is 1.75. The Balaban J connectivity index is 2.28. The van der Waals surface area contributed by atoms with Crippen LogP contribution in [0, 0.1) is 5.82 Å². The molecule has 1 heterocycles. The third-order valence-corrected chi connectivity index (χ3v) is 3.42. The van der Waals surface area contributed by atoms with Gasteiger partial charge in [-0.1, -0.05) is 12.1 Å². The molecule has 0 spiro atoms. The molecule has 92 valence electrons. The predicted molar refractivity (Wildman–Crippen MR) is 72.6 cm³/mol. The highest BCUT2D eigenvalue weighted by atomic mass is 32.1. The summed E-state index contributed by atoms with van der Waals surface area (Å²) in [6, 6.07) is 8.26. The number of nitrogens with two attached hydrogens (primary N) is 1. The van der Waals surface area contributed by atoms with E-state index in [0.717, 1.165) is 16.0 Å². The van der Waals surface area contributed by atoms with Crippen LogP contribution in [0.5, 0.6) is 0 Å². The Bertz CT molecular complexity index is 599. The molecule has 0 atom stereocenters. The van der Waals surface area contributed by atoms with Crippen LogP contribution >= 0.6 is 11.3 Å². The van der Waals surface area contributed by atoms with Gasteiger partial charge in [-0.3, -0.25) is 4.79 Å². The van der Waals surface area contributed by atoms with Gasteiger partial charge in [0.2, 0.25) is 5.91 Å². The summed E-state index contributed by atoms with van der Waals surface area (Å²) < 4.78 is 12.8. The largest absolute Gasteiger partial charge is 0.366 e. The second-order valence-electron chi connectivity index (χ2n) is 3.94. The number of hydrogen-bond acceptors (Lipinski definition) is 2. The molecule has 18 heavy (non-hydrogen) atoms. The lowest BCUT2D eigenvalue weighted by molar-refractivity contribution is -0.114. The van der Waals surface area contributed by atoms with Crippen molar-refractivity contribution in [3.8, 4) is 11.1 Å². The molecule has 2 aromatic rings. The molecule has 1 aromatic heterocycles. The molecule has 0 aliphatic heterocycles. The van der Waals surface area contributed by atoms with Crippen molar-refractivity contribution in [2.75, 3.05) is 0 Å². The van der Waals surface area contributed by atoms with Crippen LogP contribution in [-0.4, -0.2) is 5.91 Å². The number of hydrogen-bond donors (Lipinski definition) is 1. The minimum atomic E-state index is -0.424. The fourth-order valence-electron chi connectivity index (χ4n) is 1.51. The van der Waals surface area contributed by atoms with Crippen molar-refractivity contribution in [2.24, 2.45) is 5.73 Å². The lowest BCUT2D eigenvalue weighted by Crippen LogP contribution is -2.11. The standard InChI is InChI=1S/C14H12FNOS/c1-9(14(16)17)6-13-7-11(8-18-13)10-2-4-12(15)5-3-10/h2-8H,1H3,(H2,16,17)/b9-6+. The number of rotatable bonds is 3. The minimum Gasteiger partial charge on any atom is -0.366 e. The highest BCUT2D eigenvalue weighted by Crippen LogP contribution is 2.27. The van der Waals surface area contributed by atoms with Crippen LogP contribution in [0.25, 0.3) is 17.2 Å². The Kier molecular flexibility index (Phi) is 3.58. The molecule has 4 heteroatoms. The molecular weight excluding hydrogens is 249 g/mol. The summed E-state index contributed by atoms with van der Waals surface area (Å²) in [6.45, 7) is 1.68. The Morgan fingerprint density at radius 2 is 1.94 bits per heavy atom. The van der Waals surface area contributed by atoms with Gasteiger partial charge in [0, 0.05) is 10.5 Å². The Hall–Kier alpha value is -1.94. The fourth-order valence-corrected chi connectivity index (χ4v) is 2.41. The first-order valence-electron chi connectivity index (χ1n) is 5.39. The summed E-state index contributed by atoms with van der Waals surface area (Å²) in [5.41, 5.74) is 7.64.